The second kappa shape index (κ2) is 6.28. The van der Waals surface area contributed by atoms with E-state index in [9.17, 15) is 13.2 Å². The number of benzene rings is 2. The van der Waals surface area contributed by atoms with E-state index in [-0.39, 0.29) is 10.8 Å². The van der Waals surface area contributed by atoms with Gasteiger partial charge in [-0.05, 0) is 43.2 Å². The van der Waals surface area contributed by atoms with Gasteiger partial charge in [0.2, 0.25) is 5.91 Å². The summed E-state index contributed by atoms with van der Waals surface area (Å²) in [4.78, 5) is 12.4. The van der Waals surface area contributed by atoms with Crippen LogP contribution in [-0.4, -0.2) is 20.4 Å². The molecule has 2 aromatic carbocycles. The molecule has 2 aromatic rings. The first-order valence-electron chi connectivity index (χ1n) is 7.98. The van der Waals surface area contributed by atoms with Crippen molar-refractivity contribution in [2.45, 2.75) is 37.6 Å². The predicted molar refractivity (Wildman–Crippen MR) is 94.6 cm³/mol. The minimum Gasteiger partial charge on any atom is -0.322 e. The quantitative estimate of drug-likeness (QED) is 0.926. The fourth-order valence-electron chi connectivity index (χ4n) is 2.89. The van der Waals surface area contributed by atoms with E-state index in [1.54, 1.807) is 43.3 Å². The molecule has 0 bridgehead atoms. The van der Waals surface area contributed by atoms with Crippen molar-refractivity contribution in [1.29, 1.82) is 0 Å². The summed E-state index contributed by atoms with van der Waals surface area (Å²) in [6.45, 7) is 3.67. The largest absolute Gasteiger partial charge is 0.322 e. The third-order valence-corrected chi connectivity index (χ3v) is 6.05. The molecule has 24 heavy (non-hydrogen) atoms. The van der Waals surface area contributed by atoms with E-state index in [2.05, 4.69) is 12.2 Å². The maximum atomic E-state index is 13.1. The maximum Gasteiger partial charge on any atom is 0.265 e. The SMILES string of the molecule is CCCc1ccc(S(=O)(=O)N2c3ccccc3NC(=O)C2C)cc1. The Balaban J connectivity index is 2.07. The van der Waals surface area contributed by atoms with E-state index in [1.807, 2.05) is 12.1 Å². The second-order valence-electron chi connectivity index (χ2n) is 5.88. The van der Waals surface area contributed by atoms with Crippen LogP contribution in [0.25, 0.3) is 0 Å². The Kier molecular flexibility index (Phi) is 4.32. The van der Waals surface area contributed by atoms with Gasteiger partial charge >= 0.3 is 0 Å². The van der Waals surface area contributed by atoms with Crippen LogP contribution in [-0.2, 0) is 21.2 Å². The number of rotatable bonds is 4. The summed E-state index contributed by atoms with van der Waals surface area (Å²) >= 11 is 0. The predicted octanol–water partition coefficient (Wildman–Crippen LogP) is 3.18. The van der Waals surface area contributed by atoms with Gasteiger partial charge in [-0.15, -0.1) is 0 Å². The van der Waals surface area contributed by atoms with Crippen LogP contribution in [0.2, 0.25) is 0 Å². The Morgan fingerprint density at radius 1 is 1.08 bits per heavy atom. The molecule has 6 heteroatoms. The lowest BCUT2D eigenvalue weighted by Crippen LogP contribution is -2.49. The third-order valence-electron chi connectivity index (χ3n) is 4.15. The van der Waals surface area contributed by atoms with E-state index in [4.69, 9.17) is 0 Å². The summed E-state index contributed by atoms with van der Waals surface area (Å²) in [5.74, 6) is -0.333. The molecule has 1 aliphatic rings. The molecule has 0 spiro atoms. The van der Waals surface area contributed by atoms with E-state index >= 15 is 0 Å². The molecule has 5 nitrogen and oxygen atoms in total. The number of hydrogen-bond donors (Lipinski definition) is 1. The first kappa shape index (κ1) is 16.5. The molecule has 1 atom stereocenters. The Morgan fingerprint density at radius 2 is 1.75 bits per heavy atom. The summed E-state index contributed by atoms with van der Waals surface area (Å²) < 4.78 is 27.4. The van der Waals surface area contributed by atoms with Crippen LogP contribution in [0.3, 0.4) is 0 Å². The molecule has 0 aliphatic carbocycles. The average Bonchev–Trinajstić information content (AvgIpc) is 2.56. The molecule has 126 valence electrons. The Hall–Kier alpha value is -2.34. The van der Waals surface area contributed by atoms with Crippen LogP contribution in [0.4, 0.5) is 11.4 Å². The molecule has 1 unspecified atom stereocenters. The van der Waals surface area contributed by atoms with Gasteiger partial charge in [-0.1, -0.05) is 37.6 Å². The van der Waals surface area contributed by atoms with Crippen LogP contribution in [0, 0.1) is 0 Å². The van der Waals surface area contributed by atoms with Crippen molar-refractivity contribution in [2.75, 3.05) is 9.62 Å². The van der Waals surface area contributed by atoms with Crippen LogP contribution >= 0.6 is 0 Å². The number of nitrogens with one attached hydrogen (secondary N) is 1. The van der Waals surface area contributed by atoms with Gasteiger partial charge in [-0.3, -0.25) is 9.10 Å². The van der Waals surface area contributed by atoms with E-state index in [0.29, 0.717) is 11.4 Å². The Morgan fingerprint density at radius 3 is 2.42 bits per heavy atom. The lowest BCUT2D eigenvalue weighted by molar-refractivity contribution is -0.117. The fraction of sp³-hybridized carbons (Fsp3) is 0.278. The Bertz CT molecular complexity index is 860. The molecule has 3 rings (SSSR count). The zero-order chi connectivity index (χ0) is 17.3. The van der Waals surface area contributed by atoms with Crippen molar-refractivity contribution in [2.24, 2.45) is 0 Å². The molecule has 1 heterocycles. The molecular formula is C18H20N2O3S. The minimum absolute atomic E-state index is 0.193. The number of amides is 1. The van der Waals surface area contributed by atoms with Crippen LogP contribution in [0.15, 0.2) is 53.4 Å². The molecule has 0 fully saturated rings. The number of anilines is 2. The number of fused-ring (bicyclic) bond motifs is 1. The highest BCUT2D eigenvalue weighted by molar-refractivity contribution is 7.93. The van der Waals surface area contributed by atoms with Crippen molar-refractivity contribution < 1.29 is 13.2 Å². The highest BCUT2D eigenvalue weighted by atomic mass is 32.2. The number of carbonyl (C=O) groups excluding carboxylic acids is 1. The van der Waals surface area contributed by atoms with Gasteiger partial charge in [0.15, 0.2) is 0 Å². The van der Waals surface area contributed by atoms with Gasteiger partial charge < -0.3 is 5.32 Å². The molecule has 0 saturated carbocycles. The first-order chi connectivity index (χ1) is 11.4. The molecular weight excluding hydrogens is 324 g/mol. The van der Waals surface area contributed by atoms with Crippen LogP contribution in [0.1, 0.15) is 25.8 Å². The van der Waals surface area contributed by atoms with Gasteiger partial charge in [-0.2, -0.15) is 0 Å². The minimum atomic E-state index is -3.82. The van der Waals surface area contributed by atoms with Gasteiger partial charge in [0.05, 0.1) is 16.3 Å². The van der Waals surface area contributed by atoms with Gasteiger partial charge in [0, 0.05) is 0 Å². The van der Waals surface area contributed by atoms with Crippen molar-refractivity contribution >= 4 is 27.3 Å². The molecule has 1 aliphatic heterocycles. The summed E-state index contributed by atoms with van der Waals surface area (Å²) in [7, 11) is -3.82. The Labute approximate surface area is 142 Å². The zero-order valence-electron chi connectivity index (χ0n) is 13.7. The molecule has 1 N–H and O–H groups in total. The summed E-state index contributed by atoms with van der Waals surface area (Å²) in [5.41, 5.74) is 2.09. The number of sulfonamides is 1. The molecule has 0 saturated heterocycles. The van der Waals surface area contributed by atoms with E-state index < -0.39 is 16.1 Å². The van der Waals surface area contributed by atoms with Crippen molar-refractivity contribution in [3.63, 3.8) is 0 Å². The van der Waals surface area contributed by atoms with Crippen molar-refractivity contribution in [3.05, 3.63) is 54.1 Å². The standard InChI is InChI=1S/C18H20N2O3S/c1-3-6-14-9-11-15(12-10-14)24(22,23)20-13(2)18(21)19-16-7-4-5-8-17(16)20/h4-5,7-13H,3,6H2,1-2H3,(H,19,21). The lowest BCUT2D eigenvalue weighted by atomic mass is 10.1. The molecule has 0 aromatic heterocycles. The summed E-state index contributed by atoms with van der Waals surface area (Å²) in [5, 5.41) is 2.74. The number of carbonyl (C=O) groups is 1. The summed E-state index contributed by atoms with van der Waals surface area (Å²) in [6, 6.07) is 13.0. The van der Waals surface area contributed by atoms with Gasteiger partial charge in [0.1, 0.15) is 6.04 Å². The first-order valence-corrected chi connectivity index (χ1v) is 9.42. The molecule has 0 radical (unpaired) electrons. The smallest absolute Gasteiger partial charge is 0.265 e. The second-order valence-corrected chi connectivity index (χ2v) is 7.69. The highest BCUT2D eigenvalue weighted by Crippen LogP contribution is 2.36. The highest BCUT2D eigenvalue weighted by Gasteiger charge is 2.38. The average molecular weight is 344 g/mol. The fourth-order valence-corrected chi connectivity index (χ4v) is 4.53. The maximum absolute atomic E-state index is 13.1. The summed E-state index contributed by atoms with van der Waals surface area (Å²) in [6.07, 6.45) is 1.91. The van der Waals surface area contributed by atoms with Gasteiger partial charge in [-0.25, -0.2) is 8.42 Å². The normalized spacial score (nSPS) is 17.3. The number of nitrogens with zero attached hydrogens (tertiary/aromatic N) is 1. The number of hydrogen-bond acceptors (Lipinski definition) is 3. The lowest BCUT2D eigenvalue weighted by Gasteiger charge is -2.35. The third kappa shape index (κ3) is 2.78. The van der Waals surface area contributed by atoms with Crippen molar-refractivity contribution in [1.82, 2.24) is 0 Å². The topological polar surface area (TPSA) is 66.5 Å². The van der Waals surface area contributed by atoms with E-state index in [1.165, 1.54) is 4.31 Å². The monoisotopic (exact) mass is 344 g/mol. The number of aryl methyl sites for hydroxylation is 1. The van der Waals surface area contributed by atoms with Gasteiger partial charge in [0.25, 0.3) is 10.0 Å². The van der Waals surface area contributed by atoms with Crippen LogP contribution in [0.5, 0.6) is 0 Å². The number of para-hydroxylation sites is 2. The van der Waals surface area contributed by atoms with Crippen LogP contribution < -0.4 is 9.62 Å². The molecule has 1 amide bonds. The zero-order valence-corrected chi connectivity index (χ0v) is 14.5. The van der Waals surface area contributed by atoms with Crippen molar-refractivity contribution in [3.8, 4) is 0 Å². The van der Waals surface area contributed by atoms with E-state index in [0.717, 1.165) is 18.4 Å².